The fraction of sp³-hybridized carbons (Fsp3) is 0. The molecule has 0 spiro atoms. The van der Waals surface area contributed by atoms with Crippen LogP contribution in [0.5, 0.6) is 0 Å². The molecule has 0 radical (unpaired) electrons. The van der Waals surface area contributed by atoms with Gasteiger partial charge >= 0.3 is 0 Å². The largest absolute Gasteiger partial charge is 0.357 e. The van der Waals surface area contributed by atoms with Gasteiger partial charge in [0.2, 0.25) is 0 Å². The monoisotopic (exact) mass is 237 g/mol. The van der Waals surface area contributed by atoms with Crippen molar-refractivity contribution in [1.29, 1.82) is 0 Å². The van der Waals surface area contributed by atoms with E-state index in [1.165, 1.54) is 0 Å². The van der Waals surface area contributed by atoms with Crippen LogP contribution in [0.25, 0.3) is 17.0 Å². The number of nitrogens with one attached hydrogen (secondary N) is 1. The van der Waals surface area contributed by atoms with Crippen LogP contribution in [0, 0.1) is 0 Å². The molecule has 2 aliphatic rings. The number of aromatic amines is 1. The normalized spacial score (nSPS) is 10.2. The van der Waals surface area contributed by atoms with Crippen molar-refractivity contribution in [3.63, 3.8) is 0 Å². The average Bonchev–Trinajstić information content (AvgIpc) is 3.08. The number of rotatable bonds is 0. The summed E-state index contributed by atoms with van der Waals surface area (Å²) in [5.74, 6) is 0.775. The van der Waals surface area contributed by atoms with Crippen LogP contribution in [0.15, 0.2) is 61.6 Å². The molecule has 0 fully saturated rings. The van der Waals surface area contributed by atoms with Gasteiger partial charge in [0, 0.05) is 37.2 Å². The fourth-order valence-corrected chi connectivity index (χ4v) is 1.66. The van der Waals surface area contributed by atoms with E-state index in [-0.39, 0.29) is 0 Å². The summed E-state index contributed by atoms with van der Waals surface area (Å²) in [4.78, 5) is 14.9. The van der Waals surface area contributed by atoms with E-state index < -0.39 is 0 Å². The molecule has 2 aliphatic heterocycles. The Bertz CT molecular complexity index is 654. The van der Waals surface area contributed by atoms with E-state index in [1.807, 2.05) is 41.2 Å². The molecule has 5 heteroatoms. The first-order valence-corrected chi connectivity index (χ1v) is 5.54. The highest BCUT2D eigenvalue weighted by Crippen LogP contribution is 2.10. The second-order valence-electron chi connectivity index (χ2n) is 3.69. The molecule has 0 saturated heterocycles. The molecule has 0 aromatic carbocycles. The first-order valence-electron chi connectivity index (χ1n) is 5.54. The second kappa shape index (κ2) is 4.67. The highest BCUT2D eigenvalue weighted by Gasteiger charge is 1.99. The van der Waals surface area contributed by atoms with Crippen LogP contribution in [0.4, 0.5) is 0 Å². The highest BCUT2D eigenvalue weighted by molar-refractivity contribution is 5.49. The van der Waals surface area contributed by atoms with E-state index in [1.54, 1.807) is 24.8 Å². The lowest BCUT2D eigenvalue weighted by Gasteiger charge is -1.90. The number of hydrogen-bond acceptors (Lipinski definition) is 3. The summed E-state index contributed by atoms with van der Waals surface area (Å²) in [6, 6.07) is 5.91. The summed E-state index contributed by atoms with van der Waals surface area (Å²) in [5.41, 5.74) is 2.12. The number of fused-ring (bicyclic) bond motifs is 2. The zero-order chi connectivity index (χ0) is 12.2. The number of H-pyrrole nitrogens is 1. The van der Waals surface area contributed by atoms with Gasteiger partial charge in [-0.3, -0.25) is 4.98 Å². The summed E-state index contributed by atoms with van der Waals surface area (Å²) in [5, 5.41) is 0. The molecule has 0 unspecified atom stereocenters. The van der Waals surface area contributed by atoms with Crippen LogP contribution in [0.3, 0.4) is 0 Å². The van der Waals surface area contributed by atoms with Crippen molar-refractivity contribution in [2.24, 2.45) is 0 Å². The Kier molecular flexibility index (Phi) is 2.71. The van der Waals surface area contributed by atoms with Crippen molar-refractivity contribution < 1.29 is 0 Å². The molecule has 0 amide bonds. The lowest BCUT2D eigenvalue weighted by atomic mass is 10.4. The molecule has 4 heterocycles. The van der Waals surface area contributed by atoms with Crippen LogP contribution in [-0.4, -0.2) is 24.3 Å². The lowest BCUT2D eigenvalue weighted by Crippen LogP contribution is -1.83. The summed E-state index contributed by atoms with van der Waals surface area (Å²) in [6.07, 6.45) is 12.7. The van der Waals surface area contributed by atoms with E-state index in [9.17, 15) is 0 Å². The van der Waals surface area contributed by atoms with Crippen molar-refractivity contribution in [2.45, 2.75) is 0 Å². The summed E-state index contributed by atoms with van der Waals surface area (Å²) >= 11 is 0. The fourth-order valence-electron chi connectivity index (χ4n) is 1.66. The Balaban J connectivity index is 0.000000111. The van der Waals surface area contributed by atoms with Gasteiger partial charge in [0.25, 0.3) is 0 Å². The number of hydrogen-bond donors (Lipinski definition) is 1. The Morgan fingerprint density at radius 3 is 2.83 bits per heavy atom. The van der Waals surface area contributed by atoms with Gasteiger partial charge in [-0.15, -0.1) is 0 Å². The van der Waals surface area contributed by atoms with Gasteiger partial charge in [-0.05, 0) is 18.2 Å². The predicted octanol–water partition coefficient (Wildman–Crippen LogP) is 2.24. The molecule has 0 aliphatic carbocycles. The Morgan fingerprint density at radius 1 is 1.00 bits per heavy atom. The van der Waals surface area contributed by atoms with Crippen molar-refractivity contribution in [3.8, 4) is 11.5 Å². The average molecular weight is 237 g/mol. The van der Waals surface area contributed by atoms with Gasteiger partial charge < -0.3 is 9.38 Å². The summed E-state index contributed by atoms with van der Waals surface area (Å²) in [7, 11) is 0. The van der Waals surface area contributed by atoms with Crippen molar-refractivity contribution >= 4 is 5.52 Å². The van der Waals surface area contributed by atoms with Gasteiger partial charge in [0.05, 0.1) is 17.4 Å². The van der Waals surface area contributed by atoms with E-state index in [4.69, 9.17) is 0 Å². The topological polar surface area (TPSA) is 58.9 Å². The minimum Gasteiger partial charge on any atom is -0.357 e. The standard InChI is InChI=1S/C7H6N2.C6H5N3/c1-2-7-6-8-3-5-9(7)4-1;1-2-8-6-5(1)7-3-4-9-6/h1-6H;1-4,7H. The molecule has 18 heavy (non-hydrogen) atoms. The van der Waals surface area contributed by atoms with Crippen LogP contribution < -0.4 is 0 Å². The molecule has 4 rings (SSSR count). The highest BCUT2D eigenvalue weighted by atomic mass is 14.9. The molecule has 0 bridgehead atoms. The first-order chi connectivity index (χ1) is 8.93. The van der Waals surface area contributed by atoms with Gasteiger partial charge in [-0.1, -0.05) is 0 Å². The van der Waals surface area contributed by atoms with Crippen molar-refractivity contribution in [3.05, 3.63) is 61.6 Å². The van der Waals surface area contributed by atoms with Gasteiger partial charge in [-0.2, -0.15) is 0 Å². The maximum atomic E-state index is 4.00. The third-order valence-corrected chi connectivity index (χ3v) is 2.52. The van der Waals surface area contributed by atoms with E-state index in [2.05, 4.69) is 19.9 Å². The first kappa shape index (κ1) is 10.5. The lowest BCUT2D eigenvalue weighted by molar-refractivity contribution is 1.14. The smallest absolute Gasteiger partial charge is 0.175 e. The van der Waals surface area contributed by atoms with Crippen LogP contribution in [-0.2, 0) is 0 Å². The number of aromatic nitrogens is 5. The van der Waals surface area contributed by atoms with E-state index in [0.29, 0.717) is 0 Å². The zero-order valence-corrected chi connectivity index (χ0v) is 9.56. The molecular formula is C13H11N5. The van der Waals surface area contributed by atoms with Gasteiger partial charge in [0.15, 0.2) is 5.82 Å². The Morgan fingerprint density at radius 2 is 1.94 bits per heavy atom. The van der Waals surface area contributed by atoms with Gasteiger partial charge in [0.1, 0.15) is 0 Å². The number of nitrogens with zero attached hydrogens (tertiary/aromatic N) is 4. The Hall–Kier alpha value is -2.69. The van der Waals surface area contributed by atoms with E-state index >= 15 is 0 Å². The molecule has 5 nitrogen and oxygen atoms in total. The zero-order valence-electron chi connectivity index (χ0n) is 9.56. The molecule has 0 atom stereocenters. The second-order valence-corrected chi connectivity index (χ2v) is 3.69. The minimum atomic E-state index is 0.775. The SMILES string of the molecule is c1c[nH]c2ccnc-2n1.c1cc2cnccn2c1. The van der Waals surface area contributed by atoms with Crippen molar-refractivity contribution in [1.82, 2.24) is 24.3 Å². The Labute approximate surface area is 104 Å². The molecular weight excluding hydrogens is 226 g/mol. The minimum absolute atomic E-state index is 0.775. The maximum absolute atomic E-state index is 4.00. The van der Waals surface area contributed by atoms with Crippen LogP contribution in [0.2, 0.25) is 0 Å². The van der Waals surface area contributed by atoms with Gasteiger partial charge in [-0.25, -0.2) is 9.97 Å². The van der Waals surface area contributed by atoms with Crippen LogP contribution >= 0.6 is 0 Å². The molecule has 1 N–H and O–H groups in total. The summed E-state index contributed by atoms with van der Waals surface area (Å²) < 4.78 is 2.02. The molecule has 2 aromatic heterocycles. The molecule has 0 saturated carbocycles. The summed E-state index contributed by atoms with van der Waals surface area (Å²) in [6.45, 7) is 0. The van der Waals surface area contributed by atoms with E-state index in [0.717, 1.165) is 17.0 Å². The quantitative estimate of drug-likeness (QED) is 0.510. The molecule has 88 valence electrons. The third-order valence-electron chi connectivity index (χ3n) is 2.52. The third kappa shape index (κ3) is 2.06. The molecule has 2 aromatic rings. The van der Waals surface area contributed by atoms with Crippen LogP contribution in [0.1, 0.15) is 0 Å². The predicted molar refractivity (Wildman–Crippen MR) is 68.2 cm³/mol. The maximum Gasteiger partial charge on any atom is 0.175 e. The van der Waals surface area contributed by atoms with Crippen molar-refractivity contribution in [2.75, 3.05) is 0 Å².